The molecule has 6 heteroatoms. The predicted octanol–water partition coefficient (Wildman–Crippen LogP) is 3.03. The van der Waals surface area contributed by atoms with Gasteiger partial charge in [0.25, 0.3) is 0 Å². The number of hydrazine groups is 1. The van der Waals surface area contributed by atoms with Gasteiger partial charge in [-0.1, -0.05) is 45.2 Å². The summed E-state index contributed by atoms with van der Waals surface area (Å²) >= 11 is 4.67. The van der Waals surface area contributed by atoms with Gasteiger partial charge in [-0.2, -0.15) is 0 Å². The molecular weight excluding hydrogens is 434 g/mol. The molecule has 4 nitrogen and oxygen atoms in total. The lowest BCUT2D eigenvalue weighted by Crippen LogP contribution is -2.46. The first-order chi connectivity index (χ1) is 7.39. The van der Waals surface area contributed by atoms with Crippen LogP contribution in [0.5, 0.6) is 0 Å². The molecule has 0 atom stereocenters. The van der Waals surface area contributed by atoms with Gasteiger partial charge < -0.3 is 4.74 Å². The van der Waals surface area contributed by atoms with E-state index in [1.165, 1.54) is 0 Å². The zero-order valence-electron chi connectivity index (χ0n) is 9.98. The van der Waals surface area contributed by atoms with Gasteiger partial charge in [-0.25, -0.2) is 10.2 Å². The molecule has 0 heterocycles. The third kappa shape index (κ3) is 9.88. The van der Waals surface area contributed by atoms with E-state index in [0.717, 1.165) is 21.7 Å². The number of hydrogen-bond acceptors (Lipinski definition) is 3. The molecule has 0 aromatic rings. The number of carbonyl (C=O) groups is 1. The van der Waals surface area contributed by atoms with E-state index in [-0.39, 0.29) is 0 Å². The van der Waals surface area contributed by atoms with Gasteiger partial charge >= 0.3 is 6.09 Å². The molecule has 0 bridgehead atoms. The molecule has 0 unspecified atom stereocenters. The van der Waals surface area contributed by atoms with Crippen molar-refractivity contribution >= 4 is 51.3 Å². The Morgan fingerprint density at radius 1 is 1.25 bits per heavy atom. The summed E-state index contributed by atoms with van der Waals surface area (Å²) in [6, 6.07) is 0.321. The van der Waals surface area contributed by atoms with E-state index in [0.29, 0.717) is 6.04 Å². The number of hydrogen-bond donors (Lipinski definition) is 2. The maximum Gasteiger partial charge on any atom is 0.422 e. The van der Waals surface area contributed by atoms with E-state index in [2.05, 4.69) is 56.0 Å². The average molecular weight is 454 g/mol. The lowest BCUT2D eigenvalue weighted by atomic mass is 10.2. The highest BCUT2D eigenvalue weighted by Gasteiger charge is 2.16. The van der Waals surface area contributed by atoms with Gasteiger partial charge in [0, 0.05) is 14.9 Å². The number of carbonyl (C=O) groups excluding carboxylic acids is 1. The molecule has 0 rings (SSSR count). The van der Waals surface area contributed by atoms with Gasteiger partial charge in [0.05, 0.1) is 0 Å². The highest BCUT2D eigenvalue weighted by molar-refractivity contribution is 14.1. The number of alkyl halides is 2. The summed E-state index contributed by atoms with van der Waals surface area (Å²) in [5.41, 5.74) is 5.15. The van der Waals surface area contributed by atoms with E-state index in [4.69, 9.17) is 4.74 Å². The smallest absolute Gasteiger partial charge is 0.422 e. The van der Waals surface area contributed by atoms with Crippen LogP contribution in [-0.4, -0.2) is 26.6 Å². The average Bonchev–Trinajstić information content (AvgIpc) is 2.12. The molecule has 0 radical (unpaired) electrons. The third-order valence-corrected chi connectivity index (χ3v) is 2.94. The van der Waals surface area contributed by atoms with Crippen LogP contribution in [0.25, 0.3) is 0 Å². The minimum absolute atomic E-state index is 0.321. The fourth-order valence-corrected chi connectivity index (χ4v) is 2.52. The second-order valence-corrected chi connectivity index (χ2v) is 6.58. The van der Waals surface area contributed by atoms with E-state index in [9.17, 15) is 4.79 Å². The number of rotatable bonds is 6. The highest BCUT2D eigenvalue weighted by Crippen LogP contribution is 2.07. The van der Waals surface area contributed by atoms with E-state index in [1.54, 1.807) is 0 Å². The molecule has 2 N–H and O–H groups in total. The SMILES string of the molecule is CC(C)(C)OC(=O)NNC(CCI)CCI. The van der Waals surface area contributed by atoms with Crippen molar-refractivity contribution in [2.45, 2.75) is 45.3 Å². The first kappa shape index (κ1) is 16.7. The summed E-state index contributed by atoms with van der Waals surface area (Å²) in [6.45, 7) is 5.54. The lowest BCUT2D eigenvalue weighted by Gasteiger charge is -2.22. The van der Waals surface area contributed by atoms with Crippen LogP contribution in [0.15, 0.2) is 0 Å². The largest absolute Gasteiger partial charge is 0.443 e. The minimum atomic E-state index is -0.451. The Morgan fingerprint density at radius 2 is 1.75 bits per heavy atom. The fourth-order valence-electron chi connectivity index (χ4n) is 1.02. The van der Waals surface area contributed by atoms with Crippen molar-refractivity contribution in [3.63, 3.8) is 0 Å². The summed E-state index contributed by atoms with van der Waals surface area (Å²) < 4.78 is 7.27. The molecule has 0 aliphatic rings. The molecule has 0 spiro atoms. The van der Waals surface area contributed by atoms with Gasteiger partial charge in [0.2, 0.25) is 0 Å². The van der Waals surface area contributed by atoms with E-state index >= 15 is 0 Å². The van der Waals surface area contributed by atoms with Crippen molar-refractivity contribution in [3.05, 3.63) is 0 Å². The van der Waals surface area contributed by atoms with Crippen LogP contribution >= 0.6 is 45.2 Å². The van der Waals surface area contributed by atoms with Crippen LogP contribution in [0.3, 0.4) is 0 Å². The Morgan fingerprint density at radius 3 is 2.12 bits per heavy atom. The van der Waals surface area contributed by atoms with Crippen LogP contribution in [0.4, 0.5) is 4.79 Å². The van der Waals surface area contributed by atoms with Gasteiger partial charge in [-0.05, 0) is 33.6 Å². The lowest BCUT2D eigenvalue weighted by molar-refractivity contribution is 0.0487. The van der Waals surface area contributed by atoms with Gasteiger partial charge in [0.1, 0.15) is 5.60 Å². The Kier molecular flexibility index (Phi) is 9.11. The molecule has 16 heavy (non-hydrogen) atoms. The van der Waals surface area contributed by atoms with Gasteiger partial charge in [-0.3, -0.25) is 5.43 Å². The zero-order chi connectivity index (χ0) is 12.6. The number of amides is 1. The van der Waals surface area contributed by atoms with Crippen molar-refractivity contribution in [3.8, 4) is 0 Å². The standard InChI is InChI=1S/C10H20I2N2O2/c1-10(2,3)16-9(15)14-13-8(4-6-11)5-7-12/h8,13H,4-7H2,1-3H3,(H,14,15). The first-order valence-corrected chi connectivity index (χ1v) is 8.30. The van der Waals surface area contributed by atoms with Crippen molar-refractivity contribution < 1.29 is 9.53 Å². The topological polar surface area (TPSA) is 50.4 Å². The van der Waals surface area contributed by atoms with E-state index < -0.39 is 11.7 Å². The minimum Gasteiger partial charge on any atom is -0.443 e. The number of nitrogens with one attached hydrogen (secondary N) is 2. The Bertz CT molecular complexity index is 201. The van der Waals surface area contributed by atoms with Gasteiger partial charge in [-0.15, -0.1) is 0 Å². The summed E-state index contributed by atoms with van der Waals surface area (Å²) in [5.74, 6) is 0. The van der Waals surface area contributed by atoms with E-state index in [1.807, 2.05) is 20.8 Å². The Hall–Kier alpha value is 0.690. The molecule has 0 aromatic carbocycles. The molecular formula is C10H20I2N2O2. The highest BCUT2D eigenvalue weighted by atomic mass is 127. The summed E-state index contributed by atoms with van der Waals surface area (Å²) in [6.07, 6.45) is 1.66. The molecule has 0 aliphatic carbocycles. The van der Waals surface area contributed by atoms with Crippen LogP contribution < -0.4 is 10.9 Å². The predicted molar refractivity (Wildman–Crippen MR) is 83.3 cm³/mol. The maximum atomic E-state index is 11.4. The first-order valence-electron chi connectivity index (χ1n) is 5.25. The maximum absolute atomic E-state index is 11.4. The second kappa shape index (κ2) is 8.73. The molecule has 0 saturated heterocycles. The molecule has 96 valence electrons. The van der Waals surface area contributed by atoms with Crippen LogP contribution in [0.2, 0.25) is 0 Å². The molecule has 0 aliphatic heterocycles. The van der Waals surface area contributed by atoms with Crippen molar-refractivity contribution in [1.29, 1.82) is 0 Å². The molecule has 0 fully saturated rings. The summed E-state index contributed by atoms with van der Waals surface area (Å²) in [5, 5.41) is 0. The Labute approximate surface area is 125 Å². The molecule has 0 saturated carbocycles. The van der Waals surface area contributed by atoms with Crippen LogP contribution in [0.1, 0.15) is 33.6 Å². The summed E-state index contributed by atoms with van der Waals surface area (Å²) in [7, 11) is 0. The van der Waals surface area contributed by atoms with Crippen molar-refractivity contribution in [2.24, 2.45) is 0 Å². The monoisotopic (exact) mass is 454 g/mol. The van der Waals surface area contributed by atoms with Crippen LogP contribution in [0, 0.1) is 0 Å². The second-order valence-electron chi connectivity index (χ2n) is 4.42. The zero-order valence-corrected chi connectivity index (χ0v) is 14.3. The third-order valence-electron chi connectivity index (χ3n) is 1.69. The fraction of sp³-hybridized carbons (Fsp3) is 0.900. The van der Waals surface area contributed by atoms with Crippen molar-refractivity contribution in [1.82, 2.24) is 10.9 Å². The normalized spacial score (nSPS) is 11.6. The number of ether oxygens (including phenoxy) is 1. The Balaban J connectivity index is 3.86. The van der Waals surface area contributed by atoms with Gasteiger partial charge in [0.15, 0.2) is 0 Å². The molecule has 1 amide bonds. The summed E-state index contributed by atoms with van der Waals surface area (Å²) in [4.78, 5) is 11.4. The van der Waals surface area contributed by atoms with Crippen LogP contribution in [-0.2, 0) is 4.74 Å². The van der Waals surface area contributed by atoms with Crippen molar-refractivity contribution in [2.75, 3.05) is 8.86 Å². The quantitative estimate of drug-likeness (QED) is 0.369. The number of halogens is 2. The molecule has 0 aromatic heterocycles.